The lowest BCUT2D eigenvalue weighted by Gasteiger charge is -2.13. The number of carbonyl (C=O) groups is 1. The molecule has 0 atom stereocenters. The predicted octanol–water partition coefficient (Wildman–Crippen LogP) is 2.87. The number of imidazole rings is 1. The molecule has 0 aliphatic heterocycles. The van der Waals surface area contributed by atoms with Crippen molar-refractivity contribution in [3.05, 3.63) is 39.8 Å². The molecule has 2 aromatic rings. The van der Waals surface area contributed by atoms with E-state index in [-0.39, 0.29) is 5.69 Å². The number of rotatable bonds is 3. The second-order valence-corrected chi connectivity index (χ2v) is 5.26. The van der Waals surface area contributed by atoms with Crippen LogP contribution < -0.4 is 5.73 Å². The predicted molar refractivity (Wildman–Crippen MR) is 81.1 cm³/mol. The van der Waals surface area contributed by atoms with Crippen LogP contribution in [0.3, 0.4) is 0 Å². The topological polar surface area (TPSA) is 70.1 Å². The molecular formula is C14H16BrN3O2. The van der Waals surface area contributed by atoms with Crippen molar-refractivity contribution in [1.82, 2.24) is 9.55 Å². The van der Waals surface area contributed by atoms with Crippen molar-refractivity contribution in [2.45, 2.75) is 20.3 Å². The van der Waals surface area contributed by atoms with E-state index in [9.17, 15) is 4.79 Å². The number of ether oxygens (including phenoxy) is 1. The van der Waals surface area contributed by atoms with Gasteiger partial charge in [0.1, 0.15) is 11.6 Å². The zero-order valence-corrected chi connectivity index (χ0v) is 13.2. The zero-order chi connectivity index (χ0) is 14.9. The van der Waals surface area contributed by atoms with E-state index in [2.05, 4.69) is 27.8 Å². The molecule has 1 aromatic carbocycles. The van der Waals surface area contributed by atoms with E-state index in [1.54, 1.807) is 4.57 Å². The molecule has 0 aliphatic rings. The second-order valence-electron chi connectivity index (χ2n) is 4.35. The number of hydrogen-bond acceptors (Lipinski definition) is 4. The van der Waals surface area contributed by atoms with Gasteiger partial charge in [0.2, 0.25) is 0 Å². The van der Waals surface area contributed by atoms with Gasteiger partial charge in [0.15, 0.2) is 5.69 Å². The Balaban J connectivity index is 2.65. The third-order valence-electron chi connectivity index (χ3n) is 3.12. The molecule has 0 spiro atoms. The number of esters is 1. The van der Waals surface area contributed by atoms with Crippen LogP contribution in [0.25, 0.3) is 5.69 Å². The first kappa shape index (κ1) is 14.6. The van der Waals surface area contributed by atoms with E-state index in [0.29, 0.717) is 11.6 Å². The SMILES string of the molecule is CCc1cc(Br)ccc1-n1c(C)nc(C(=O)OC)c1N. The minimum Gasteiger partial charge on any atom is -0.464 e. The maximum atomic E-state index is 11.7. The maximum Gasteiger partial charge on any atom is 0.360 e. The summed E-state index contributed by atoms with van der Waals surface area (Å²) >= 11 is 3.46. The monoisotopic (exact) mass is 337 g/mol. The van der Waals surface area contributed by atoms with E-state index in [1.807, 2.05) is 25.1 Å². The molecule has 0 saturated carbocycles. The molecule has 2 N–H and O–H groups in total. The Morgan fingerprint density at radius 3 is 2.80 bits per heavy atom. The molecule has 0 bridgehead atoms. The standard InChI is InChI=1S/C14H16BrN3O2/c1-4-9-7-10(15)5-6-11(9)18-8(2)17-12(13(18)16)14(19)20-3/h5-7H,4,16H2,1-3H3. The molecular weight excluding hydrogens is 322 g/mol. The van der Waals surface area contributed by atoms with Crippen molar-refractivity contribution in [2.24, 2.45) is 0 Å². The summed E-state index contributed by atoms with van der Waals surface area (Å²) in [5, 5.41) is 0. The first-order valence-electron chi connectivity index (χ1n) is 6.21. The minimum absolute atomic E-state index is 0.148. The van der Waals surface area contributed by atoms with Crippen molar-refractivity contribution in [3.63, 3.8) is 0 Å². The number of nitrogens with zero attached hydrogens (tertiary/aromatic N) is 2. The molecule has 0 fully saturated rings. The Kier molecular flexibility index (Phi) is 4.13. The van der Waals surface area contributed by atoms with Crippen molar-refractivity contribution in [1.29, 1.82) is 0 Å². The van der Waals surface area contributed by atoms with Gasteiger partial charge in [-0.1, -0.05) is 22.9 Å². The fourth-order valence-corrected chi connectivity index (χ4v) is 2.56. The van der Waals surface area contributed by atoms with Crippen molar-refractivity contribution < 1.29 is 9.53 Å². The Morgan fingerprint density at radius 1 is 1.50 bits per heavy atom. The van der Waals surface area contributed by atoms with Crippen LogP contribution in [0.4, 0.5) is 5.82 Å². The number of aryl methyl sites for hydroxylation is 2. The van der Waals surface area contributed by atoms with Gasteiger partial charge in [-0.3, -0.25) is 4.57 Å². The average molecular weight is 338 g/mol. The average Bonchev–Trinajstić information content (AvgIpc) is 2.73. The molecule has 0 aliphatic carbocycles. The van der Waals surface area contributed by atoms with Gasteiger partial charge < -0.3 is 10.5 Å². The highest BCUT2D eigenvalue weighted by Gasteiger charge is 2.21. The van der Waals surface area contributed by atoms with Crippen molar-refractivity contribution in [2.75, 3.05) is 12.8 Å². The van der Waals surface area contributed by atoms with Gasteiger partial charge in [-0.25, -0.2) is 9.78 Å². The quantitative estimate of drug-likeness (QED) is 0.874. The lowest BCUT2D eigenvalue weighted by molar-refractivity contribution is 0.0596. The van der Waals surface area contributed by atoms with Crippen LogP contribution in [-0.4, -0.2) is 22.6 Å². The fourth-order valence-electron chi connectivity index (χ4n) is 2.16. The zero-order valence-electron chi connectivity index (χ0n) is 11.6. The number of halogens is 1. The summed E-state index contributed by atoms with van der Waals surface area (Å²) in [5.41, 5.74) is 8.25. The summed E-state index contributed by atoms with van der Waals surface area (Å²) in [6.07, 6.45) is 0.847. The fraction of sp³-hybridized carbons (Fsp3) is 0.286. The Bertz CT molecular complexity index is 665. The van der Waals surface area contributed by atoms with Gasteiger partial charge in [0.05, 0.1) is 12.8 Å². The van der Waals surface area contributed by atoms with Crippen LogP contribution in [0, 0.1) is 6.92 Å². The van der Waals surface area contributed by atoms with Gasteiger partial charge in [-0.15, -0.1) is 0 Å². The lowest BCUT2D eigenvalue weighted by Crippen LogP contribution is -2.09. The Labute approximate surface area is 125 Å². The summed E-state index contributed by atoms with van der Waals surface area (Å²) in [4.78, 5) is 15.9. The highest BCUT2D eigenvalue weighted by Crippen LogP contribution is 2.26. The number of anilines is 1. The van der Waals surface area contributed by atoms with Crippen LogP contribution in [-0.2, 0) is 11.2 Å². The molecule has 5 nitrogen and oxygen atoms in total. The molecule has 1 heterocycles. The van der Waals surface area contributed by atoms with Crippen LogP contribution in [0.1, 0.15) is 28.8 Å². The molecule has 20 heavy (non-hydrogen) atoms. The first-order chi connectivity index (χ1) is 9.49. The minimum atomic E-state index is -0.528. The molecule has 2 rings (SSSR count). The molecule has 1 aromatic heterocycles. The van der Waals surface area contributed by atoms with Crippen molar-refractivity contribution >= 4 is 27.7 Å². The Hall–Kier alpha value is -1.82. The van der Waals surface area contributed by atoms with Crippen LogP contribution >= 0.6 is 15.9 Å². The lowest BCUT2D eigenvalue weighted by atomic mass is 10.1. The molecule has 0 amide bonds. The molecule has 106 valence electrons. The highest BCUT2D eigenvalue weighted by molar-refractivity contribution is 9.10. The highest BCUT2D eigenvalue weighted by atomic mass is 79.9. The van der Waals surface area contributed by atoms with Crippen LogP contribution in [0.15, 0.2) is 22.7 Å². The largest absolute Gasteiger partial charge is 0.464 e. The van der Waals surface area contributed by atoms with E-state index in [0.717, 1.165) is 22.1 Å². The maximum absolute atomic E-state index is 11.7. The van der Waals surface area contributed by atoms with Gasteiger partial charge >= 0.3 is 5.97 Å². The number of nitrogens with two attached hydrogens (primary N) is 1. The van der Waals surface area contributed by atoms with E-state index >= 15 is 0 Å². The number of carbonyl (C=O) groups excluding carboxylic acids is 1. The molecule has 6 heteroatoms. The number of nitrogen functional groups attached to an aromatic ring is 1. The number of aromatic nitrogens is 2. The summed E-state index contributed by atoms with van der Waals surface area (Å²) in [5.74, 6) is 0.422. The number of methoxy groups -OCH3 is 1. The summed E-state index contributed by atoms with van der Waals surface area (Å²) < 4.78 is 7.47. The van der Waals surface area contributed by atoms with Crippen LogP contribution in [0.2, 0.25) is 0 Å². The molecule has 0 radical (unpaired) electrons. The van der Waals surface area contributed by atoms with Gasteiger partial charge in [-0.2, -0.15) is 0 Å². The first-order valence-corrected chi connectivity index (χ1v) is 7.00. The molecule has 0 unspecified atom stereocenters. The summed E-state index contributed by atoms with van der Waals surface area (Å²) in [6.45, 7) is 3.87. The number of benzene rings is 1. The van der Waals surface area contributed by atoms with Gasteiger partial charge in [0.25, 0.3) is 0 Å². The molecule has 0 saturated heterocycles. The van der Waals surface area contributed by atoms with E-state index < -0.39 is 5.97 Å². The third-order valence-corrected chi connectivity index (χ3v) is 3.62. The smallest absolute Gasteiger partial charge is 0.360 e. The summed E-state index contributed by atoms with van der Waals surface area (Å²) in [6, 6.07) is 5.92. The van der Waals surface area contributed by atoms with Crippen molar-refractivity contribution in [3.8, 4) is 5.69 Å². The normalized spacial score (nSPS) is 10.6. The third kappa shape index (κ3) is 2.43. The van der Waals surface area contributed by atoms with Crippen LogP contribution in [0.5, 0.6) is 0 Å². The van der Waals surface area contributed by atoms with Gasteiger partial charge in [0, 0.05) is 4.47 Å². The number of hydrogen-bond donors (Lipinski definition) is 1. The van der Waals surface area contributed by atoms with E-state index in [4.69, 9.17) is 10.5 Å². The Morgan fingerprint density at radius 2 is 2.20 bits per heavy atom. The summed E-state index contributed by atoms with van der Waals surface area (Å²) in [7, 11) is 1.31. The van der Waals surface area contributed by atoms with E-state index in [1.165, 1.54) is 7.11 Å². The second kappa shape index (κ2) is 5.66. The van der Waals surface area contributed by atoms with Gasteiger partial charge in [-0.05, 0) is 37.1 Å².